The van der Waals surface area contributed by atoms with E-state index in [2.05, 4.69) is 12.2 Å². The molecule has 1 aromatic carbocycles. The molecule has 1 aliphatic heterocycles. The highest BCUT2D eigenvalue weighted by molar-refractivity contribution is 6.30. The molecule has 0 aromatic heterocycles. The van der Waals surface area contributed by atoms with E-state index in [9.17, 15) is 4.79 Å². The number of ether oxygens (including phenoxy) is 1. The summed E-state index contributed by atoms with van der Waals surface area (Å²) in [6, 6.07) is 7.09. The number of likely N-dealkylation sites (N-methyl/N-ethyl adjacent to an activating group) is 1. The van der Waals surface area contributed by atoms with Crippen LogP contribution in [0.15, 0.2) is 24.3 Å². The van der Waals surface area contributed by atoms with Crippen LogP contribution in [0.5, 0.6) is 0 Å². The monoisotopic (exact) mass is 296 g/mol. The molecule has 1 saturated heterocycles. The molecule has 0 unspecified atom stereocenters. The molecule has 0 radical (unpaired) electrons. The number of amides is 1. The Hall–Kier alpha value is -1.10. The van der Waals surface area contributed by atoms with Crippen LogP contribution in [0.3, 0.4) is 0 Å². The van der Waals surface area contributed by atoms with Gasteiger partial charge in [0.2, 0.25) is 5.91 Å². The van der Waals surface area contributed by atoms with Gasteiger partial charge < -0.3 is 10.1 Å². The van der Waals surface area contributed by atoms with E-state index in [1.165, 1.54) is 0 Å². The SMILES string of the molecule is CN(C)[C@H](C(=O)NCC1(C)COC1)c1ccc(Cl)cc1. The molecule has 1 aromatic rings. The van der Waals surface area contributed by atoms with Crippen molar-refractivity contribution in [3.63, 3.8) is 0 Å². The minimum atomic E-state index is -0.308. The van der Waals surface area contributed by atoms with Gasteiger partial charge in [-0.2, -0.15) is 0 Å². The lowest BCUT2D eigenvalue weighted by molar-refractivity contribution is -0.131. The summed E-state index contributed by atoms with van der Waals surface area (Å²) in [5, 5.41) is 3.70. The van der Waals surface area contributed by atoms with Crippen LogP contribution < -0.4 is 5.32 Å². The molecule has 1 amide bonds. The Labute approximate surface area is 125 Å². The Kier molecular flexibility index (Phi) is 4.68. The number of carbonyl (C=O) groups excluding carboxylic acids is 1. The summed E-state index contributed by atoms with van der Waals surface area (Å²) in [6.07, 6.45) is 0. The Morgan fingerprint density at radius 2 is 2.00 bits per heavy atom. The van der Waals surface area contributed by atoms with Crippen molar-refractivity contribution in [1.29, 1.82) is 0 Å². The number of halogens is 1. The first-order valence-electron chi connectivity index (χ1n) is 6.69. The summed E-state index contributed by atoms with van der Waals surface area (Å²) in [5.74, 6) is 0.00504. The van der Waals surface area contributed by atoms with E-state index < -0.39 is 0 Å². The molecule has 20 heavy (non-hydrogen) atoms. The lowest BCUT2D eigenvalue weighted by atomic mass is 9.88. The minimum Gasteiger partial charge on any atom is -0.380 e. The van der Waals surface area contributed by atoms with Crippen LogP contribution >= 0.6 is 11.6 Å². The smallest absolute Gasteiger partial charge is 0.241 e. The fourth-order valence-corrected chi connectivity index (χ4v) is 2.40. The predicted octanol–water partition coefficient (Wildman–Crippen LogP) is 2.10. The van der Waals surface area contributed by atoms with Gasteiger partial charge in [0.1, 0.15) is 6.04 Å². The van der Waals surface area contributed by atoms with Gasteiger partial charge in [-0.3, -0.25) is 9.69 Å². The van der Waals surface area contributed by atoms with Crippen molar-refractivity contribution in [2.24, 2.45) is 5.41 Å². The predicted molar refractivity (Wildman–Crippen MR) is 79.8 cm³/mol. The lowest BCUT2D eigenvalue weighted by Crippen LogP contribution is -2.50. The number of carbonyl (C=O) groups is 1. The fourth-order valence-electron chi connectivity index (χ4n) is 2.28. The van der Waals surface area contributed by atoms with Crippen LogP contribution in [-0.4, -0.2) is 44.7 Å². The van der Waals surface area contributed by atoms with Crippen molar-refractivity contribution < 1.29 is 9.53 Å². The van der Waals surface area contributed by atoms with Crippen molar-refractivity contribution in [3.8, 4) is 0 Å². The second kappa shape index (κ2) is 6.12. The third-order valence-electron chi connectivity index (χ3n) is 3.54. The highest BCUT2D eigenvalue weighted by Gasteiger charge is 2.34. The molecular formula is C15H21ClN2O2. The normalized spacial score (nSPS) is 18.4. The quantitative estimate of drug-likeness (QED) is 0.905. The van der Waals surface area contributed by atoms with Gasteiger partial charge in [0.25, 0.3) is 0 Å². The van der Waals surface area contributed by atoms with E-state index in [1.807, 2.05) is 43.3 Å². The molecule has 0 spiro atoms. The molecule has 2 rings (SSSR count). The number of hydrogen-bond donors (Lipinski definition) is 1. The van der Waals surface area contributed by atoms with E-state index in [-0.39, 0.29) is 17.4 Å². The highest BCUT2D eigenvalue weighted by Crippen LogP contribution is 2.26. The fraction of sp³-hybridized carbons (Fsp3) is 0.533. The molecule has 4 nitrogen and oxygen atoms in total. The molecule has 0 saturated carbocycles. The summed E-state index contributed by atoms with van der Waals surface area (Å²) < 4.78 is 5.20. The first-order valence-corrected chi connectivity index (χ1v) is 7.06. The Morgan fingerprint density at radius 3 is 2.45 bits per heavy atom. The molecule has 0 aliphatic carbocycles. The van der Waals surface area contributed by atoms with E-state index >= 15 is 0 Å². The minimum absolute atomic E-state index is 0.00504. The maximum absolute atomic E-state index is 12.4. The summed E-state index contributed by atoms with van der Waals surface area (Å²) in [5.41, 5.74) is 1.01. The Morgan fingerprint density at radius 1 is 1.40 bits per heavy atom. The van der Waals surface area contributed by atoms with Gasteiger partial charge in [-0.25, -0.2) is 0 Å². The van der Waals surface area contributed by atoms with Gasteiger partial charge in [0.05, 0.1) is 13.2 Å². The molecule has 1 atom stereocenters. The third kappa shape index (κ3) is 3.51. The van der Waals surface area contributed by atoms with Crippen LogP contribution in [0.4, 0.5) is 0 Å². The van der Waals surface area contributed by atoms with E-state index in [0.717, 1.165) is 5.56 Å². The van der Waals surface area contributed by atoms with Gasteiger partial charge in [-0.05, 0) is 31.8 Å². The summed E-state index contributed by atoms with van der Waals surface area (Å²) in [6.45, 7) is 4.18. The maximum atomic E-state index is 12.4. The maximum Gasteiger partial charge on any atom is 0.241 e. The molecule has 1 aliphatic rings. The zero-order valence-electron chi connectivity index (χ0n) is 12.1. The standard InChI is InChI=1S/C15H21ClN2O2/c1-15(9-20-10-15)8-17-14(19)13(18(2)3)11-4-6-12(16)7-5-11/h4-7,13H,8-10H2,1-3H3,(H,17,19)/t13-/m0/s1. The average Bonchev–Trinajstić information content (AvgIpc) is 2.36. The van der Waals surface area contributed by atoms with Crippen LogP contribution in [0.2, 0.25) is 5.02 Å². The van der Waals surface area contributed by atoms with Crippen LogP contribution in [0, 0.1) is 5.41 Å². The molecule has 0 bridgehead atoms. The average molecular weight is 297 g/mol. The Balaban J connectivity index is 2.04. The van der Waals surface area contributed by atoms with Crippen LogP contribution in [0.25, 0.3) is 0 Å². The van der Waals surface area contributed by atoms with E-state index in [1.54, 1.807) is 0 Å². The van der Waals surface area contributed by atoms with Gasteiger partial charge >= 0.3 is 0 Å². The first-order chi connectivity index (χ1) is 9.41. The molecule has 1 heterocycles. The summed E-state index contributed by atoms with van der Waals surface area (Å²) >= 11 is 5.89. The molecule has 110 valence electrons. The van der Waals surface area contributed by atoms with Gasteiger partial charge in [0.15, 0.2) is 0 Å². The summed E-state index contributed by atoms with van der Waals surface area (Å²) in [4.78, 5) is 14.3. The van der Waals surface area contributed by atoms with Crippen molar-refractivity contribution in [2.45, 2.75) is 13.0 Å². The number of hydrogen-bond acceptors (Lipinski definition) is 3. The number of benzene rings is 1. The Bertz CT molecular complexity index is 469. The lowest BCUT2D eigenvalue weighted by Gasteiger charge is -2.38. The zero-order chi connectivity index (χ0) is 14.8. The largest absolute Gasteiger partial charge is 0.380 e. The molecule has 1 N–H and O–H groups in total. The van der Waals surface area contributed by atoms with Crippen molar-refractivity contribution >= 4 is 17.5 Å². The van der Waals surface area contributed by atoms with Crippen molar-refractivity contribution in [1.82, 2.24) is 10.2 Å². The molecule has 1 fully saturated rings. The van der Waals surface area contributed by atoms with Gasteiger partial charge in [-0.15, -0.1) is 0 Å². The second-order valence-corrected chi connectivity index (χ2v) is 6.38. The third-order valence-corrected chi connectivity index (χ3v) is 3.79. The van der Waals surface area contributed by atoms with Crippen molar-refractivity contribution in [3.05, 3.63) is 34.9 Å². The van der Waals surface area contributed by atoms with Gasteiger partial charge in [0, 0.05) is 17.0 Å². The van der Waals surface area contributed by atoms with E-state index in [0.29, 0.717) is 24.8 Å². The number of nitrogens with one attached hydrogen (secondary N) is 1. The molecular weight excluding hydrogens is 276 g/mol. The summed E-state index contributed by atoms with van der Waals surface area (Å²) in [7, 11) is 3.79. The highest BCUT2D eigenvalue weighted by atomic mass is 35.5. The van der Waals surface area contributed by atoms with Gasteiger partial charge in [-0.1, -0.05) is 30.7 Å². The van der Waals surface area contributed by atoms with Crippen LogP contribution in [-0.2, 0) is 9.53 Å². The number of rotatable bonds is 5. The second-order valence-electron chi connectivity index (χ2n) is 5.94. The number of nitrogens with zero attached hydrogens (tertiary/aromatic N) is 1. The van der Waals surface area contributed by atoms with Crippen LogP contribution in [0.1, 0.15) is 18.5 Å². The molecule has 5 heteroatoms. The topological polar surface area (TPSA) is 41.6 Å². The first kappa shape index (κ1) is 15.3. The van der Waals surface area contributed by atoms with E-state index in [4.69, 9.17) is 16.3 Å². The zero-order valence-corrected chi connectivity index (χ0v) is 12.9. The van der Waals surface area contributed by atoms with Crippen molar-refractivity contribution in [2.75, 3.05) is 33.9 Å².